The highest BCUT2D eigenvalue weighted by atomic mass is 16.5. The van der Waals surface area contributed by atoms with Gasteiger partial charge in [-0.05, 0) is 49.0 Å². The summed E-state index contributed by atoms with van der Waals surface area (Å²) in [6, 6.07) is 19.4. The van der Waals surface area contributed by atoms with E-state index in [0.29, 0.717) is 6.61 Å². The van der Waals surface area contributed by atoms with Crippen LogP contribution >= 0.6 is 0 Å². The monoisotopic (exact) mass is 371 g/mol. The van der Waals surface area contributed by atoms with E-state index in [-0.39, 0.29) is 0 Å². The SMILES string of the molecule is CN1CCN(c2ccc(N3C=CC=C4OCC(c5ccccc5)=C43)cc2)CC1. The Labute approximate surface area is 166 Å². The topological polar surface area (TPSA) is 19.0 Å². The summed E-state index contributed by atoms with van der Waals surface area (Å²) in [4.78, 5) is 7.10. The van der Waals surface area contributed by atoms with Gasteiger partial charge in [0.15, 0.2) is 0 Å². The Balaban J connectivity index is 1.45. The summed E-state index contributed by atoms with van der Waals surface area (Å²) in [5.74, 6) is 0.949. The Hall–Kier alpha value is -2.98. The van der Waals surface area contributed by atoms with E-state index in [2.05, 4.69) is 94.7 Å². The number of anilines is 2. The van der Waals surface area contributed by atoms with Gasteiger partial charge in [0, 0.05) is 49.3 Å². The molecule has 142 valence electrons. The second-order valence-corrected chi connectivity index (χ2v) is 7.53. The van der Waals surface area contributed by atoms with Crippen LogP contribution in [0.4, 0.5) is 11.4 Å². The molecule has 0 atom stereocenters. The number of hydrogen-bond acceptors (Lipinski definition) is 4. The zero-order valence-corrected chi connectivity index (χ0v) is 16.2. The highest BCUT2D eigenvalue weighted by Gasteiger charge is 2.29. The van der Waals surface area contributed by atoms with Gasteiger partial charge in [-0.3, -0.25) is 0 Å². The van der Waals surface area contributed by atoms with Gasteiger partial charge in [0.25, 0.3) is 0 Å². The minimum absolute atomic E-state index is 0.614. The fourth-order valence-electron chi connectivity index (χ4n) is 4.08. The number of ether oxygens (including phenoxy) is 1. The molecule has 0 amide bonds. The van der Waals surface area contributed by atoms with Crippen molar-refractivity contribution < 1.29 is 4.74 Å². The van der Waals surface area contributed by atoms with Crippen molar-refractivity contribution in [2.45, 2.75) is 0 Å². The van der Waals surface area contributed by atoms with Crippen LogP contribution in [-0.2, 0) is 4.74 Å². The lowest BCUT2D eigenvalue weighted by Crippen LogP contribution is -2.44. The standard InChI is InChI=1S/C24H25N3O/c1-25-14-16-26(17-15-25)20-9-11-21(12-10-20)27-13-5-8-23-24(27)22(18-28-23)19-6-3-2-4-7-19/h2-13H,14-18H2,1H3. The van der Waals surface area contributed by atoms with Gasteiger partial charge < -0.3 is 19.4 Å². The van der Waals surface area contributed by atoms with Crippen molar-refractivity contribution in [3.63, 3.8) is 0 Å². The predicted octanol–water partition coefficient (Wildman–Crippen LogP) is 4.10. The number of allylic oxidation sites excluding steroid dienone is 2. The third kappa shape index (κ3) is 3.10. The number of rotatable bonds is 3. The van der Waals surface area contributed by atoms with Crippen LogP contribution in [0, 0.1) is 0 Å². The van der Waals surface area contributed by atoms with Gasteiger partial charge in [0.05, 0.1) is 5.70 Å². The van der Waals surface area contributed by atoms with E-state index in [0.717, 1.165) is 43.3 Å². The molecule has 0 aromatic heterocycles. The maximum atomic E-state index is 5.99. The Bertz CT molecular complexity index is 936. The molecule has 3 aliphatic rings. The smallest absolute Gasteiger partial charge is 0.144 e. The molecule has 5 rings (SSSR count). The quantitative estimate of drug-likeness (QED) is 0.809. The summed E-state index contributed by atoms with van der Waals surface area (Å²) in [5.41, 5.74) is 6.07. The summed E-state index contributed by atoms with van der Waals surface area (Å²) in [6.07, 6.45) is 6.24. The molecule has 0 saturated carbocycles. The zero-order chi connectivity index (χ0) is 18.9. The van der Waals surface area contributed by atoms with Crippen molar-refractivity contribution in [3.05, 3.63) is 90.0 Å². The highest BCUT2D eigenvalue weighted by Crippen LogP contribution is 2.39. The van der Waals surface area contributed by atoms with E-state index >= 15 is 0 Å². The maximum Gasteiger partial charge on any atom is 0.144 e. The second-order valence-electron chi connectivity index (χ2n) is 7.53. The molecule has 0 bridgehead atoms. The van der Waals surface area contributed by atoms with E-state index < -0.39 is 0 Å². The molecular weight excluding hydrogens is 346 g/mol. The number of nitrogens with zero attached hydrogens (tertiary/aromatic N) is 3. The summed E-state index contributed by atoms with van der Waals surface area (Å²) >= 11 is 0. The predicted molar refractivity (Wildman–Crippen MR) is 115 cm³/mol. The first-order chi connectivity index (χ1) is 13.8. The lowest BCUT2D eigenvalue weighted by Gasteiger charge is -2.34. The van der Waals surface area contributed by atoms with Gasteiger partial charge in [-0.2, -0.15) is 0 Å². The number of fused-ring (bicyclic) bond motifs is 1. The van der Waals surface area contributed by atoms with Crippen LogP contribution in [0.3, 0.4) is 0 Å². The Morgan fingerprint density at radius 1 is 0.821 bits per heavy atom. The fourth-order valence-corrected chi connectivity index (χ4v) is 4.08. The molecule has 0 spiro atoms. The molecular formula is C24H25N3O. The molecule has 0 N–H and O–H groups in total. The molecule has 2 aromatic carbocycles. The molecule has 0 aliphatic carbocycles. The number of piperazine rings is 1. The number of likely N-dealkylation sites (N-methyl/N-ethyl adjacent to an activating group) is 1. The molecule has 1 saturated heterocycles. The van der Waals surface area contributed by atoms with E-state index in [1.54, 1.807) is 0 Å². The Morgan fingerprint density at radius 2 is 1.54 bits per heavy atom. The first-order valence-electron chi connectivity index (χ1n) is 9.92. The molecule has 1 fully saturated rings. The highest BCUT2D eigenvalue weighted by molar-refractivity contribution is 5.81. The first-order valence-corrected chi connectivity index (χ1v) is 9.92. The van der Waals surface area contributed by atoms with Gasteiger partial charge in [-0.15, -0.1) is 0 Å². The average molecular weight is 371 g/mol. The van der Waals surface area contributed by atoms with Gasteiger partial charge in [-0.1, -0.05) is 30.3 Å². The maximum absolute atomic E-state index is 5.99. The second kappa shape index (κ2) is 7.21. The van der Waals surface area contributed by atoms with Crippen LogP contribution in [0.5, 0.6) is 0 Å². The summed E-state index contributed by atoms with van der Waals surface area (Å²) < 4.78 is 5.99. The first kappa shape index (κ1) is 17.1. The molecule has 28 heavy (non-hydrogen) atoms. The van der Waals surface area contributed by atoms with Crippen LogP contribution in [-0.4, -0.2) is 44.7 Å². The van der Waals surface area contributed by atoms with E-state index in [9.17, 15) is 0 Å². The molecule has 4 heteroatoms. The molecule has 3 heterocycles. The largest absolute Gasteiger partial charge is 0.487 e. The van der Waals surface area contributed by atoms with E-state index in [1.165, 1.54) is 16.8 Å². The summed E-state index contributed by atoms with van der Waals surface area (Å²) in [5, 5.41) is 0. The third-order valence-electron chi connectivity index (χ3n) is 5.73. The van der Waals surface area contributed by atoms with Gasteiger partial charge in [-0.25, -0.2) is 0 Å². The number of hydrogen-bond donors (Lipinski definition) is 0. The fraction of sp³-hybridized carbons (Fsp3) is 0.250. The normalized spacial score (nSPS) is 19.5. The van der Waals surface area contributed by atoms with Crippen molar-refractivity contribution >= 4 is 16.9 Å². The van der Waals surface area contributed by atoms with Crippen molar-refractivity contribution in [3.8, 4) is 0 Å². The zero-order valence-electron chi connectivity index (χ0n) is 16.2. The average Bonchev–Trinajstić information content (AvgIpc) is 3.19. The van der Waals surface area contributed by atoms with Crippen LogP contribution < -0.4 is 9.80 Å². The van der Waals surface area contributed by atoms with Crippen molar-refractivity contribution in [1.82, 2.24) is 4.90 Å². The van der Waals surface area contributed by atoms with Crippen LogP contribution in [0.25, 0.3) is 5.57 Å². The number of benzene rings is 2. The molecule has 0 unspecified atom stereocenters. The summed E-state index contributed by atoms with van der Waals surface area (Å²) in [7, 11) is 2.19. The van der Waals surface area contributed by atoms with E-state index in [1.807, 2.05) is 0 Å². The van der Waals surface area contributed by atoms with E-state index in [4.69, 9.17) is 4.74 Å². The van der Waals surface area contributed by atoms with Crippen molar-refractivity contribution in [1.29, 1.82) is 0 Å². The Morgan fingerprint density at radius 3 is 2.29 bits per heavy atom. The summed E-state index contributed by atoms with van der Waals surface area (Å²) in [6.45, 7) is 5.03. The van der Waals surface area contributed by atoms with Gasteiger partial charge in [0.2, 0.25) is 0 Å². The molecule has 2 aromatic rings. The van der Waals surface area contributed by atoms with Crippen molar-refractivity contribution in [2.75, 3.05) is 49.6 Å². The third-order valence-corrected chi connectivity index (χ3v) is 5.73. The van der Waals surface area contributed by atoms with Crippen molar-refractivity contribution in [2.24, 2.45) is 0 Å². The minimum atomic E-state index is 0.614. The lowest BCUT2D eigenvalue weighted by molar-refractivity contribution is 0.279. The molecule has 3 aliphatic heterocycles. The Kier molecular flexibility index (Phi) is 4.41. The van der Waals surface area contributed by atoms with Crippen LogP contribution in [0.1, 0.15) is 5.56 Å². The van der Waals surface area contributed by atoms with Crippen LogP contribution in [0.2, 0.25) is 0 Å². The lowest BCUT2D eigenvalue weighted by atomic mass is 10.0. The van der Waals surface area contributed by atoms with Gasteiger partial charge >= 0.3 is 0 Å². The minimum Gasteiger partial charge on any atom is -0.487 e. The molecule has 0 radical (unpaired) electrons. The van der Waals surface area contributed by atoms with Crippen LogP contribution in [0.15, 0.2) is 84.4 Å². The van der Waals surface area contributed by atoms with Gasteiger partial charge in [0.1, 0.15) is 12.4 Å². The molecule has 4 nitrogen and oxygen atoms in total.